The monoisotopic (exact) mass is 312 g/mol. The second-order valence-corrected chi connectivity index (χ2v) is 5.98. The molecule has 0 aromatic heterocycles. The normalized spacial score (nSPS) is 10.6. The molecule has 0 radical (unpaired) electrons. The van der Waals surface area contributed by atoms with Crippen LogP contribution in [0.2, 0.25) is 0 Å². The van der Waals surface area contributed by atoms with Crippen molar-refractivity contribution in [2.75, 3.05) is 13.7 Å². The SMILES string of the molecule is COC(=O)CCc1ccc(OCC(C)C)c(-c2ccccc2)c1. The molecular weight excluding hydrogens is 288 g/mol. The van der Waals surface area contributed by atoms with E-state index in [2.05, 4.69) is 32.0 Å². The first-order chi connectivity index (χ1) is 11.1. The van der Waals surface area contributed by atoms with Gasteiger partial charge in [0.25, 0.3) is 0 Å². The maximum Gasteiger partial charge on any atom is 0.305 e. The number of carbonyl (C=O) groups excluding carboxylic acids is 1. The molecule has 122 valence electrons. The molecule has 0 heterocycles. The zero-order valence-corrected chi connectivity index (χ0v) is 14.0. The number of ether oxygens (including phenoxy) is 2. The van der Waals surface area contributed by atoms with Crippen LogP contribution in [0.25, 0.3) is 11.1 Å². The Morgan fingerprint density at radius 1 is 1.09 bits per heavy atom. The quantitative estimate of drug-likeness (QED) is 0.706. The molecular formula is C20H24O3. The first-order valence-electron chi connectivity index (χ1n) is 7.98. The molecule has 0 aliphatic rings. The summed E-state index contributed by atoms with van der Waals surface area (Å²) in [4.78, 5) is 11.3. The maximum absolute atomic E-state index is 11.3. The summed E-state index contributed by atoms with van der Waals surface area (Å²) in [7, 11) is 1.42. The van der Waals surface area contributed by atoms with Gasteiger partial charge in [-0.05, 0) is 35.6 Å². The van der Waals surface area contributed by atoms with Crippen LogP contribution in [-0.4, -0.2) is 19.7 Å². The maximum atomic E-state index is 11.3. The van der Waals surface area contributed by atoms with E-state index in [1.807, 2.05) is 30.3 Å². The van der Waals surface area contributed by atoms with Gasteiger partial charge in [0, 0.05) is 12.0 Å². The van der Waals surface area contributed by atoms with E-state index in [1.165, 1.54) is 7.11 Å². The molecule has 0 spiro atoms. The lowest BCUT2D eigenvalue weighted by Crippen LogP contribution is -2.06. The zero-order chi connectivity index (χ0) is 16.7. The van der Waals surface area contributed by atoms with Crippen LogP contribution in [0, 0.1) is 5.92 Å². The van der Waals surface area contributed by atoms with Crippen molar-refractivity contribution in [3.05, 3.63) is 54.1 Å². The summed E-state index contributed by atoms with van der Waals surface area (Å²) in [6, 6.07) is 16.3. The van der Waals surface area contributed by atoms with Gasteiger partial charge in [-0.2, -0.15) is 0 Å². The number of esters is 1. The second-order valence-electron chi connectivity index (χ2n) is 5.98. The Bertz CT molecular complexity index is 633. The molecule has 0 fully saturated rings. The van der Waals surface area contributed by atoms with Crippen molar-refractivity contribution in [1.29, 1.82) is 0 Å². The molecule has 0 saturated heterocycles. The molecule has 0 N–H and O–H groups in total. The molecule has 0 atom stereocenters. The van der Waals surface area contributed by atoms with Crippen LogP contribution in [0.4, 0.5) is 0 Å². The third kappa shape index (κ3) is 5.13. The first kappa shape index (κ1) is 17.1. The summed E-state index contributed by atoms with van der Waals surface area (Å²) in [5.74, 6) is 1.16. The Kier molecular flexibility index (Phi) is 6.21. The van der Waals surface area contributed by atoms with Crippen LogP contribution >= 0.6 is 0 Å². The molecule has 2 aromatic carbocycles. The molecule has 2 rings (SSSR count). The Labute approximate surface area is 138 Å². The van der Waals surface area contributed by atoms with Gasteiger partial charge in [0.05, 0.1) is 13.7 Å². The highest BCUT2D eigenvalue weighted by molar-refractivity contribution is 5.72. The lowest BCUT2D eigenvalue weighted by Gasteiger charge is -2.15. The highest BCUT2D eigenvalue weighted by Crippen LogP contribution is 2.31. The number of aryl methyl sites for hydroxylation is 1. The number of methoxy groups -OCH3 is 1. The first-order valence-corrected chi connectivity index (χ1v) is 7.98. The molecule has 0 unspecified atom stereocenters. The van der Waals surface area contributed by atoms with Crippen LogP contribution in [0.15, 0.2) is 48.5 Å². The van der Waals surface area contributed by atoms with Gasteiger partial charge in [-0.1, -0.05) is 50.2 Å². The smallest absolute Gasteiger partial charge is 0.305 e. The third-order valence-corrected chi connectivity index (χ3v) is 3.55. The summed E-state index contributed by atoms with van der Waals surface area (Å²) >= 11 is 0. The Morgan fingerprint density at radius 2 is 1.83 bits per heavy atom. The minimum Gasteiger partial charge on any atom is -0.493 e. The van der Waals surface area contributed by atoms with Gasteiger partial charge in [-0.3, -0.25) is 4.79 Å². The average Bonchev–Trinajstić information content (AvgIpc) is 2.58. The van der Waals surface area contributed by atoms with Gasteiger partial charge in [0.15, 0.2) is 0 Å². The number of hydrogen-bond donors (Lipinski definition) is 0. The number of carbonyl (C=O) groups is 1. The molecule has 23 heavy (non-hydrogen) atoms. The van der Waals surface area contributed by atoms with Crippen molar-refractivity contribution in [3.8, 4) is 16.9 Å². The van der Waals surface area contributed by atoms with Crippen LogP contribution in [0.3, 0.4) is 0 Å². The van der Waals surface area contributed by atoms with Crippen molar-refractivity contribution in [2.24, 2.45) is 5.92 Å². The van der Waals surface area contributed by atoms with Gasteiger partial charge < -0.3 is 9.47 Å². The van der Waals surface area contributed by atoms with Crippen LogP contribution in [0.5, 0.6) is 5.75 Å². The minimum atomic E-state index is -0.189. The second kappa shape index (κ2) is 8.37. The minimum absolute atomic E-state index is 0.189. The van der Waals surface area contributed by atoms with E-state index < -0.39 is 0 Å². The summed E-state index contributed by atoms with van der Waals surface area (Å²) in [6.45, 7) is 4.95. The molecule has 0 saturated carbocycles. The fourth-order valence-electron chi connectivity index (χ4n) is 2.31. The standard InChI is InChI=1S/C20H24O3/c1-15(2)14-23-19-11-9-16(10-12-20(21)22-3)13-18(19)17-7-5-4-6-8-17/h4-9,11,13,15H,10,12,14H2,1-3H3. The Hall–Kier alpha value is -2.29. The van der Waals surface area contributed by atoms with Gasteiger partial charge >= 0.3 is 5.97 Å². The number of hydrogen-bond acceptors (Lipinski definition) is 3. The predicted molar refractivity (Wildman–Crippen MR) is 92.5 cm³/mol. The Morgan fingerprint density at radius 3 is 2.48 bits per heavy atom. The van der Waals surface area contributed by atoms with Crippen LogP contribution < -0.4 is 4.74 Å². The summed E-state index contributed by atoms with van der Waals surface area (Å²) in [5.41, 5.74) is 3.28. The van der Waals surface area contributed by atoms with Crippen LogP contribution in [-0.2, 0) is 16.0 Å². The van der Waals surface area contributed by atoms with E-state index in [-0.39, 0.29) is 5.97 Å². The van der Waals surface area contributed by atoms with E-state index in [9.17, 15) is 4.79 Å². The van der Waals surface area contributed by atoms with E-state index in [1.54, 1.807) is 0 Å². The van der Waals surface area contributed by atoms with Gasteiger partial charge in [-0.25, -0.2) is 0 Å². The third-order valence-electron chi connectivity index (χ3n) is 3.55. The highest BCUT2D eigenvalue weighted by Gasteiger charge is 2.10. The predicted octanol–water partition coefficient (Wildman–Crippen LogP) is 4.49. The Balaban J connectivity index is 2.27. The van der Waals surface area contributed by atoms with E-state index in [0.717, 1.165) is 22.4 Å². The molecule has 0 aliphatic heterocycles. The van der Waals surface area contributed by atoms with Gasteiger partial charge in [-0.15, -0.1) is 0 Å². The van der Waals surface area contributed by atoms with Crippen molar-refractivity contribution < 1.29 is 14.3 Å². The van der Waals surface area contributed by atoms with Crippen molar-refractivity contribution in [1.82, 2.24) is 0 Å². The molecule has 0 bridgehead atoms. The summed E-state index contributed by atoms with van der Waals surface area (Å²) in [5, 5.41) is 0. The van der Waals surface area contributed by atoms with E-state index in [4.69, 9.17) is 9.47 Å². The molecule has 0 amide bonds. The van der Waals surface area contributed by atoms with Gasteiger partial charge in [0.1, 0.15) is 5.75 Å². The number of rotatable bonds is 7. The highest BCUT2D eigenvalue weighted by atomic mass is 16.5. The van der Waals surface area contributed by atoms with Crippen LogP contribution in [0.1, 0.15) is 25.8 Å². The molecule has 3 nitrogen and oxygen atoms in total. The van der Waals surface area contributed by atoms with Crippen molar-refractivity contribution >= 4 is 5.97 Å². The summed E-state index contributed by atoms with van der Waals surface area (Å²) < 4.78 is 10.7. The van der Waals surface area contributed by atoms with E-state index >= 15 is 0 Å². The molecule has 0 aliphatic carbocycles. The van der Waals surface area contributed by atoms with Crippen molar-refractivity contribution in [2.45, 2.75) is 26.7 Å². The number of benzene rings is 2. The molecule has 2 aromatic rings. The lowest BCUT2D eigenvalue weighted by molar-refractivity contribution is -0.140. The molecule has 3 heteroatoms. The fourth-order valence-corrected chi connectivity index (χ4v) is 2.31. The average molecular weight is 312 g/mol. The summed E-state index contributed by atoms with van der Waals surface area (Å²) in [6.07, 6.45) is 1.05. The fraction of sp³-hybridized carbons (Fsp3) is 0.350. The van der Waals surface area contributed by atoms with Crippen molar-refractivity contribution in [3.63, 3.8) is 0 Å². The largest absolute Gasteiger partial charge is 0.493 e. The lowest BCUT2D eigenvalue weighted by atomic mass is 10.00. The topological polar surface area (TPSA) is 35.5 Å². The zero-order valence-electron chi connectivity index (χ0n) is 14.0. The van der Waals surface area contributed by atoms with Gasteiger partial charge in [0.2, 0.25) is 0 Å². The van der Waals surface area contributed by atoms with E-state index in [0.29, 0.717) is 25.4 Å².